The van der Waals surface area contributed by atoms with E-state index in [0.29, 0.717) is 18.0 Å². The topological polar surface area (TPSA) is 70.2 Å². The number of benzene rings is 2. The van der Waals surface area contributed by atoms with Crippen LogP contribution in [0.5, 0.6) is 0 Å². The summed E-state index contributed by atoms with van der Waals surface area (Å²) in [6, 6.07) is 9.66. The van der Waals surface area contributed by atoms with Crippen LogP contribution in [0.15, 0.2) is 47.4 Å². The second-order valence-corrected chi connectivity index (χ2v) is 10.7. The number of amides is 2. The summed E-state index contributed by atoms with van der Waals surface area (Å²) in [5, 5.41) is 5.63. The van der Waals surface area contributed by atoms with Crippen molar-refractivity contribution in [3.8, 4) is 0 Å². The van der Waals surface area contributed by atoms with Crippen LogP contribution in [0.25, 0.3) is 0 Å². The van der Waals surface area contributed by atoms with Crippen LogP contribution in [-0.2, 0) is 4.79 Å². The summed E-state index contributed by atoms with van der Waals surface area (Å²) in [4.78, 5) is 26.9. The molecule has 3 rings (SSSR count). The SMILES string of the molecule is CC(C)(C)NSc1ccc(NC(=O)[C@H](CC2CCCCC2)NC(=O)c2ccc(F)c(F)c2)cc1. The van der Waals surface area contributed by atoms with Crippen molar-refractivity contribution >= 4 is 29.4 Å². The Hall–Kier alpha value is -2.45. The lowest BCUT2D eigenvalue weighted by Gasteiger charge is -2.26. The van der Waals surface area contributed by atoms with Crippen molar-refractivity contribution in [2.75, 3.05) is 5.32 Å². The molecule has 1 aliphatic carbocycles. The lowest BCUT2D eigenvalue weighted by molar-refractivity contribution is -0.118. The maximum atomic E-state index is 13.6. The Kier molecular flexibility index (Phi) is 9.08. The van der Waals surface area contributed by atoms with Crippen molar-refractivity contribution in [1.82, 2.24) is 10.0 Å². The highest BCUT2D eigenvalue weighted by atomic mass is 32.2. The Morgan fingerprint density at radius 3 is 2.29 bits per heavy atom. The predicted molar refractivity (Wildman–Crippen MR) is 133 cm³/mol. The van der Waals surface area contributed by atoms with E-state index in [1.54, 1.807) is 0 Å². The third kappa shape index (κ3) is 8.09. The van der Waals surface area contributed by atoms with Gasteiger partial charge < -0.3 is 10.6 Å². The fraction of sp³-hybridized carbons (Fsp3) is 0.462. The maximum absolute atomic E-state index is 13.6. The van der Waals surface area contributed by atoms with Crippen molar-refractivity contribution < 1.29 is 18.4 Å². The van der Waals surface area contributed by atoms with E-state index in [4.69, 9.17) is 0 Å². The van der Waals surface area contributed by atoms with Crippen LogP contribution in [0, 0.1) is 17.6 Å². The molecule has 184 valence electrons. The summed E-state index contributed by atoms with van der Waals surface area (Å²) in [6.07, 6.45) is 5.93. The summed E-state index contributed by atoms with van der Waals surface area (Å²) >= 11 is 1.52. The zero-order valence-electron chi connectivity index (χ0n) is 19.9. The Morgan fingerprint density at radius 2 is 1.68 bits per heavy atom. The van der Waals surface area contributed by atoms with E-state index in [-0.39, 0.29) is 17.0 Å². The van der Waals surface area contributed by atoms with E-state index in [0.717, 1.165) is 42.7 Å². The maximum Gasteiger partial charge on any atom is 0.252 e. The Bertz CT molecular complexity index is 987. The van der Waals surface area contributed by atoms with Crippen molar-refractivity contribution in [2.24, 2.45) is 5.92 Å². The molecular formula is C26H33F2N3O2S. The first kappa shape index (κ1) is 26.2. The van der Waals surface area contributed by atoms with E-state index < -0.39 is 23.6 Å². The minimum absolute atomic E-state index is 0.0203. The molecule has 0 aromatic heterocycles. The molecule has 1 fully saturated rings. The Labute approximate surface area is 204 Å². The van der Waals surface area contributed by atoms with E-state index >= 15 is 0 Å². The number of carbonyl (C=O) groups is 2. The third-order valence-electron chi connectivity index (χ3n) is 5.69. The first-order valence-electron chi connectivity index (χ1n) is 11.7. The zero-order valence-corrected chi connectivity index (χ0v) is 20.7. The van der Waals surface area contributed by atoms with Crippen molar-refractivity contribution in [3.63, 3.8) is 0 Å². The molecule has 8 heteroatoms. The molecule has 1 atom stereocenters. The molecule has 0 spiro atoms. The molecule has 2 amide bonds. The molecule has 34 heavy (non-hydrogen) atoms. The molecular weight excluding hydrogens is 456 g/mol. The molecule has 0 heterocycles. The van der Waals surface area contributed by atoms with Crippen LogP contribution in [0.3, 0.4) is 0 Å². The van der Waals surface area contributed by atoms with Gasteiger partial charge >= 0.3 is 0 Å². The zero-order chi connectivity index (χ0) is 24.7. The summed E-state index contributed by atoms with van der Waals surface area (Å²) in [7, 11) is 0. The van der Waals surface area contributed by atoms with Gasteiger partial charge in [-0.3, -0.25) is 14.3 Å². The molecule has 5 nitrogen and oxygen atoms in total. The predicted octanol–water partition coefficient (Wildman–Crippen LogP) is 6.07. The molecule has 1 saturated carbocycles. The lowest BCUT2D eigenvalue weighted by atomic mass is 9.84. The largest absolute Gasteiger partial charge is 0.340 e. The van der Waals surface area contributed by atoms with E-state index in [2.05, 4.69) is 36.1 Å². The van der Waals surface area contributed by atoms with Crippen molar-refractivity contribution in [3.05, 3.63) is 59.7 Å². The van der Waals surface area contributed by atoms with Crippen LogP contribution >= 0.6 is 11.9 Å². The molecule has 0 aliphatic heterocycles. The van der Waals surface area contributed by atoms with Crippen molar-refractivity contribution in [1.29, 1.82) is 0 Å². The molecule has 0 saturated heterocycles. The third-order valence-corrected chi connectivity index (χ3v) is 6.92. The molecule has 2 aromatic rings. The highest BCUT2D eigenvalue weighted by Gasteiger charge is 2.27. The van der Waals surface area contributed by atoms with Gasteiger partial charge in [-0.15, -0.1) is 0 Å². The second-order valence-electron chi connectivity index (χ2n) is 9.86. The van der Waals surface area contributed by atoms with Gasteiger partial charge in [-0.2, -0.15) is 0 Å². The summed E-state index contributed by atoms with van der Waals surface area (Å²) in [5.41, 5.74) is 0.573. The highest BCUT2D eigenvalue weighted by molar-refractivity contribution is 7.97. The van der Waals surface area contributed by atoms with Gasteiger partial charge in [0.25, 0.3) is 5.91 Å². The standard InChI is InChI=1S/C26H33F2N3O2S/c1-26(2,3)31-34-20-12-10-19(11-13-20)29-25(33)23(15-17-7-5-4-6-8-17)30-24(32)18-9-14-21(27)22(28)16-18/h9-14,16-17,23,31H,4-8,15H2,1-3H3,(H,29,33)(H,30,32)/t23-/m0/s1. The minimum atomic E-state index is -1.10. The van der Waals surface area contributed by atoms with Gasteiger partial charge in [0, 0.05) is 21.7 Å². The monoisotopic (exact) mass is 489 g/mol. The van der Waals surface area contributed by atoms with Gasteiger partial charge in [0.2, 0.25) is 5.91 Å². The summed E-state index contributed by atoms with van der Waals surface area (Å²) < 4.78 is 30.2. The minimum Gasteiger partial charge on any atom is -0.340 e. The van der Waals surface area contributed by atoms with Gasteiger partial charge in [-0.1, -0.05) is 32.1 Å². The lowest BCUT2D eigenvalue weighted by Crippen LogP contribution is -2.45. The molecule has 2 aromatic carbocycles. The van der Waals surface area contributed by atoms with Gasteiger partial charge in [-0.05, 0) is 87.5 Å². The number of anilines is 1. The second kappa shape index (κ2) is 11.8. The normalized spacial score (nSPS) is 15.6. The average molecular weight is 490 g/mol. The van der Waals surface area contributed by atoms with Crippen molar-refractivity contribution in [2.45, 2.75) is 75.8 Å². The molecule has 3 N–H and O–H groups in total. The van der Waals surface area contributed by atoms with Crippen LogP contribution in [0.1, 0.15) is 69.7 Å². The van der Waals surface area contributed by atoms with E-state index in [9.17, 15) is 18.4 Å². The van der Waals surface area contributed by atoms with Crippen LogP contribution < -0.4 is 15.4 Å². The first-order valence-corrected chi connectivity index (χ1v) is 12.5. The quantitative estimate of drug-likeness (QED) is 0.394. The average Bonchev–Trinajstić information content (AvgIpc) is 2.80. The molecule has 1 aliphatic rings. The molecule has 0 radical (unpaired) electrons. The van der Waals surface area contributed by atoms with Gasteiger partial charge in [0.05, 0.1) is 0 Å². The Morgan fingerprint density at radius 1 is 1.00 bits per heavy atom. The fourth-order valence-corrected chi connectivity index (χ4v) is 4.61. The van der Waals surface area contributed by atoms with E-state index in [1.807, 2.05) is 24.3 Å². The van der Waals surface area contributed by atoms with E-state index in [1.165, 1.54) is 24.4 Å². The molecule has 0 bridgehead atoms. The fourth-order valence-electron chi connectivity index (χ4n) is 3.91. The van der Waals surface area contributed by atoms with Gasteiger partial charge in [0.1, 0.15) is 6.04 Å². The first-order chi connectivity index (χ1) is 16.1. The highest BCUT2D eigenvalue weighted by Crippen LogP contribution is 2.28. The number of halogens is 2. The van der Waals surface area contributed by atoms with Crippen LogP contribution in [0.2, 0.25) is 0 Å². The summed E-state index contributed by atoms with van der Waals surface area (Å²) in [6.45, 7) is 6.24. The number of rotatable bonds is 8. The number of carbonyl (C=O) groups excluding carboxylic acids is 2. The smallest absolute Gasteiger partial charge is 0.252 e. The van der Waals surface area contributed by atoms with Gasteiger partial charge in [-0.25, -0.2) is 8.78 Å². The summed E-state index contributed by atoms with van der Waals surface area (Å²) in [5.74, 6) is -2.71. The number of nitrogens with one attached hydrogen (secondary N) is 3. The number of hydrogen-bond donors (Lipinski definition) is 3. The molecule has 0 unspecified atom stereocenters. The van der Waals surface area contributed by atoms with Crippen LogP contribution in [-0.4, -0.2) is 23.4 Å². The van der Waals surface area contributed by atoms with Gasteiger partial charge in [0.15, 0.2) is 11.6 Å². The Balaban J connectivity index is 1.68. The number of hydrogen-bond acceptors (Lipinski definition) is 4. The van der Waals surface area contributed by atoms with Crippen LogP contribution in [0.4, 0.5) is 14.5 Å².